The number of carbonyl (C=O) groups is 2. The van der Waals surface area contributed by atoms with E-state index >= 15 is 0 Å². The number of aromatic amines is 1. The Balaban J connectivity index is 1.64. The van der Waals surface area contributed by atoms with Crippen LogP contribution in [-0.4, -0.2) is 58.1 Å². The molecule has 3 fully saturated rings. The molecule has 7 nitrogen and oxygen atoms in total. The van der Waals surface area contributed by atoms with Gasteiger partial charge in [0.25, 0.3) is 5.91 Å². The fraction of sp³-hybridized carbons (Fsp3) is 0.500. The highest BCUT2D eigenvalue weighted by atomic mass is 16.5. The molecule has 3 aliphatic heterocycles. The van der Waals surface area contributed by atoms with Gasteiger partial charge >= 0.3 is 0 Å². The van der Waals surface area contributed by atoms with Crippen LogP contribution >= 0.6 is 0 Å². The molecule has 108 valence electrons. The van der Waals surface area contributed by atoms with Gasteiger partial charge in [0, 0.05) is 25.7 Å². The highest BCUT2D eigenvalue weighted by molar-refractivity contribution is 5.94. The average Bonchev–Trinajstić information content (AvgIpc) is 3.21. The zero-order chi connectivity index (χ0) is 14.6. The molecule has 0 aromatic carbocycles. The second-order valence-electron chi connectivity index (χ2n) is 5.62. The number of amides is 2. The predicted octanol–water partition coefficient (Wildman–Crippen LogP) is 0.0597. The minimum absolute atomic E-state index is 0.0548. The van der Waals surface area contributed by atoms with Gasteiger partial charge in [-0.2, -0.15) is 5.26 Å². The van der Waals surface area contributed by atoms with Crippen LogP contribution in [-0.2, 0) is 9.53 Å². The smallest absolute Gasteiger partial charge is 0.270 e. The second kappa shape index (κ2) is 4.09. The quantitative estimate of drug-likeness (QED) is 0.790. The van der Waals surface area contributed by atoms with Crippen molar-refractivity contribution in [3.8, 4) is 6.07 Å². The molecule has 0 saturated carbocycles. The number of aromatic nitrogens is 1. The van der Waals surface area contributed by atoms with Crippen molar-refractivity contribution >= 4 is 11.8 Å². The molecule has 3 aliphatic rings. The van der Waals surface area contributed by atoms with Crippen LogP contribution in [0.15, 0.2) is 12.3 Å². The monoisotopic (exact) mass is 286 g/mol. The summed E-state index contributed by atoms with van der Waals surface area (Å²) in [5.41, 5.74) is 0.193. The van der Waals surface area contributed by atoms with E-state index in [2.05, 4.69) is 4.98 Å². The van der Waals surface area contributed by atoms with Crippen LogP contribution < -0.4 is 0 Å². The highest BCUT2D eigenvalue weighted by Crippen LogP contribution is 2.45. The first-order chi connectivity index (χ1) is 10.2. The number of H-pyrrole nitrogens is 1. The van der Waals surface area contributed by atoms with E-state index in [1.165, 1.54) is 12.3 Å². The maximum absolute atomic E-state index is 12.6. The third-order valence-corrected chi connectivity index (χ3v) is 4.70. The summed E-state index contributed by atoms with van der Waals surface area (Å²) in [7, 11) is 0. The van der Waals surface area contributed by atoms with Gasteiger partial charge in [-0.1, -0.05) is 0 Å². The zero-order valence-electron chi connectivity index (χ0n) is 11.3. The normalized spacial score (nSPS) is 30.4. The van der Waals surface area contributed by atoms with Crippen molar-refractivity contribution in [1.29, 1.82) is 5.26 Å². The lowest BCUT2D eigenvalue weighted by Gasteiger charge is -2.31. The second-order valence-corrected chi connectivity index (χ2v) is 5.62. The van der Waals surface area contributed by atoms with Gasteiger partial charge in [0.2, 0.25) is 5.91 Å². The highest BCUT2D eigenvalue weighted by Gasteiger charge is 2.62. The number of ether oxygens (including phenoxy) is 1. The van der Waals surface area contributed by atoms with E-state index in [9.17, 15) is 9.59 Å². The summed E-state index contributed by atoms with van der Waals surface area (Å²) in [6.07, 6.45) is 2.48. The predicted molar refractivity (Wildman–Crippen MR) is 70.0 cm³/mol. The first kappa shape index (κ1) is 12.4. The summed E-state index contributed by atoms with van der Waals surface area (Å²) >= 11 is 0. The van der Waals surface area contributed by atoms with Crippen LogP contribution in [0, 0.1) is 11.3 Å². The molecule has 2 amide bonds. The summed E-state index contributed by atoms with van der Waals surface area (Å²) in [6, 6.07) is 3.30. The molecule has 1 spiro atoms. The number of nitriles is 1. The van der Waals surface area contributed by atoms with Crippen LogP contribution in [0.2, 0.25) is 0 Å². The molecule has 4 rings (SSSR count). The minimum atomic E-state index is -0.614. The van der Waals surface area contributed by atoms with Gasteiger partial charge in [-0.05, 0) is 6.07 Å². The van der Waals surface area contributed by atoms with Crippen LogP contribution in [0.4, 0.5) is 0 Å². The maximum Gasteiger partial charge on any atom is 0.270 e. The third kappa shape index (κ3) is 1.51. The first-order valence-corrected chi connectivity index (χ1v) is 6.99. The van der Waals surface area contributed by atoms with Crippen molar-refractivity contribution in [1.82, 2.24) is 14.8 Å². The summed E-state index contributed by atoms with van der Waals surface area (Å²) in [5, 5.41) is 8.84. The summed E-state index contributed by atoms with van der Waals surface area (Å²) < 4.78 is 5.85. The molecule has 4 heterocycles. The Labute approximate surface area is 121 Å². The molecule has 0 unspecified atom stereocenters. The number of nitrogens with zero attached hydrogens (tertiary/aromatic N) is 3. The van der Waals surface area contributed by atoms with E-state index in [1.807, 2.05) is 6.07 Å². The summed E-state index contributed by atoms with van der Waals surface area (Å²) in [4.78, 5) is 31.0. The average molecular weight is 286 g/mol. The van der Waals surface area contributed by atoms with E-state index in [-0.39, 0.29) is 17.9 Å². The molecule has 0 radical (unpaired) electrons. The Bertz CT molecular complexity index is 676. The van der Waals surface area contributed by atoms with Crippen molar-refractivity contribution in [2.75, 3.05) is 19.7 Å². The molecule has 2 atom stereocenters. The molecule has 0 bridgehead atoms. The fourth-order valence-corrected chi connectivity index (χ4v) is 3.77. The lowest BCUT2D eigenvalue weighted by atomic mass is 10.1. The Morgan fingerprint density at radius 2 is 2.38 bits per heavy atom. The van der Waals surface area contributed by atoms with Crippen LogP contribution in [0.1, 0.15) is 28.9 Å². The van der Waals surface area contributed by atoms with E-state index in [0.29, 0.717) is 43.8 Å². The molecule has 1 aromatic heterocycles. The Kier molecular flexibility index (Phi) is 2.41. The number of hydrogen-bond donors (Lipinski definition) is 1. The lowest BCUT2D eigenvalue weighted by molar-refractivity contribution is -0.136. The summed E-state index contributed by atoms with van der Waals surface area (Å²) in [5.74, 6) is -0.122. The van der Waals surface area contributed by atoms with Gasteiger partial charge < -0.3 is 19.5 Å². The molecule has 21 heavy (non-hydrogen) atoms. The van der Waals surface area contributed by atoms with Gasteiger partial charge in [0.05, 0.1) is 24.6 Å². The van der Waals surface area contributed by atoms with Crippen LogP contribution in [0.5, 0.6) is 0 Å². The van der Waals surface area contributed by atoms with Crippen LogP contribution in [0.25, 0.3) is 0 Å². The molecule has 1 aromatic rings. The molecular formula is C14H14N4O3. The minimum Gasteiger partial charge on any atom is -0.356 e. The van der Waals surface area contributed by atoms with Gasteiger partial charge in [-0.15, -0.1) is 0 Å². The Hall–Kier alpha value is -2.33. The first-order valence-electron chi connectivity index (χ1n) is 6.99. The molecule has 7 heteroatoms. The van der Waals surface area contributed by atoms with Gasteiger partial charge in [0.1, 0.15) is 11.8 Å². The standard InChI is InChI=1S/C14H14N4O3/c15-7-9-5-10(16-8-9)13(20)17-2-1-14-11(17)6-12(19)18(14)3-4-21-14/h5,8,11,16H,1-4,6H2/t11-,14+/m1/s1. The number of rotatable bonds is 1. The maximum atomic E-state index is 12.6. The van der Waals surface area contributed by atoms with Gasteiger partial charge in [0.15, 0.2) is 5.72 Å². The van der Waals surface area contributed by atoms with Crippen molar-refractivity contribution in [2.24, 2.45) is 0 Å². The molecular weight excluding hydrogens is 272 g/mol. The van der Waals surface area contributed by atoms with Gasteiger partial charge in [-0.25, -0.2) is 0 Å². The number of likely N-dealkylation sites (tertiary alicyclic amines) is 1. The van der Waals surface area contributed by atoms with Crippen molar-refractivity contribution in [3.63, 3.8) is 0 Å². The molecule has 3 saturated heterocycles. The third-order valence-electron chi connectivity index (χ3n) is 4.70. The van der Waals surface area contributed by atoms with Crippen molar-refractivity contribution in [2.45, 2.75) is 24.6 Å². The SMILES string of the molecule is N#Cc1c[nH]c(C(=O)N2CC[C@@]34OCCN3C(=O)C[C@@H]24)c1. The lowest BCUT2D eigenvalue weighted by Crippen LogP contribution is -2.48. The van der Waals surface area contributed by atoms with E-state index in [0.717, 1.165) is 0 Å². The van der Waals surface area contributed by atoms with Gasteiger partial charge in [-0.3, -0.25) is 9.59 Å². The Morgan fingerprint density at radius 3 is 3.14 bits per heavy atom. The molecule has 0 aliphatic carbocycles. The van der Waals surface area contributed by atoms with E-state index in [1.54, 1.807) is 9.80 Å². The van der Waals surface area contributed by atoms with E-state index < -0.39 is 5.72 Å². The number of hydrogen-bond acceptors (Lipinski definition) is 4. The van der Waals surface area contributed by atoms with E-state index in [4.69, 9.17) is 10.00 Å². The Morgan fingerprint density at radius 1 is 1.52 bits per heavy atom. The van der Waals surface area contributed by atoms with Crippen molar-refractivity contribution in [3.05, 3.63) is 23.5 Å². The number of nitrogens with one attached hydrogen (secondary N) is 1. The zero-order valence-corrected chi connectivity index (χ0v) is 11.3. The summed E-state index contributed by atoms with van der Waals surface area (Å²) in [6.45, 7) is 1.71. The topological polar surface area (TPSA) is 89.4 Å². The van der Waals surface area contributed by atoms with Crippen molar-refractivity contribution < 1.29 is 14.3 Å². The van der Waals surface area contributed by atoms with Crippen LogP contribution in [0.3, 0.4) is 0 Å². The largest absolute Gasteiger partial charge is 0.356 e. The molecule has 1 N–H and O–H groups in total. The fourth-order valence-electron chi connectivity index (χ4n) is 3.77. The number of carbonyl (C=O) groups excluding carboxylic acids is 2.